The minimum Gasteiger partial charge on any atom is -0.223 e. The van der Waals surface area contributed by atoms with Crippen molar-refractivity contribution in [2.45, 2.75) is 21.5 Å². The molecule has 0 N–H and O–H groups in total. The van der Waals surface area contributed by atoms with Gasteiger partial charge in [-0.05, 0) is 55.0 Å². The van der Waals surface area contributed by atoms with Crippen LogP contribution < -0.4 is 0 Å². The van der Waals surface area contributed by atoms with E-state index in [1.54, 1.807) is 0 Å². The van der Waals surface area contributed by atoms with Crippen LogP contribution >= 0.6 is 0 Å². The third-order valence-electron chi connectivity index (χ3n) is 4.14. The van der Waals surface area contributed by atoms with Crippen LogP contribution in [0.4, 0.5) is 8.78 Å². The van der Waals surface area contributed by atoms with Crippen LogP contribution in [0.2, 0.25) is 0 Å². The fraction of sp³-hybridized carbons (Fsp3) is 0.250. The van der Waals surface area contributed by atoms with Gasteiger partial charge < -0.3 is 0 Å². The molecule has 5 nitrogen and oxygen atoms in total. The Morgan fingerprint density at radius 1 is 0.800 bits per heavy atom. The number of nitrogens with zero attached hydrogens (tertiary/aromatic N) is 1. The van der Waals surface area contributed by atoms with E-state index in [-0.39, 0.29) is 29.3 Å². The minimum atomic E-state index is -3.90. The first kappa shape index (κ1) is 18.0. The van der Waals surface area contributed by atoms with Gasteiger partial charge in [-0.1, -0.05) is 0 Å². The normalized spacial score (nSPS) is 19.2. The summed E-state index contributed by atoms with van der Waals surface area (Å²) in [5.41, 5.74) is 0. The van der Waals surface area contributed by atoms with Crippen LogP contribution in [0, 0.1) is 11.6 Å². The zero-order chi connectivity index (χ0) is 18.2. The lowest BCUT2D eigenvalue weighted by molar-refractivity contribution is 0.476. The predicted molar refractivity (Wildman–Crippen MR) is 87.1 cm³/mol. The van der Waals surface area contributed by atoms with E-state index in [1.807, 2.05) is 0 Å². The first-order valence-electron chi connectivity index (χ1n) is 7.46. The molecule has 0 aliphatic carbocycles. The molecule has 1 aliphatic heterocycles. The Hall–Kier alpha value is -1.84. The summed E-state index contributed by atoms with van der Waals surface area (Å²) in [6.07, 6.45) is 0.139. The fourth-order valence-electron chi connectivity index (χ4n) is 2.74. The summed E-state index contributed by atoms with van der Waals surface area (Å²) in [5, 5.41) is -0.909. The Morgan fingerprint density at radius 3 is 1.80 bits per heavy atom. The molecule has 0 amide bonds. The summed E-state index contributed by atoms with van der Waals surface area (Å²) in [6, 6.07) is 8.80. The van der Waals surface area contributed by atoms with Gasteiger partial charge in [0, 0.05) is 13.1 Å². The molecule has 2 aromatic rings. The maximum Gasteiger partial charge on any atom is 0.243 e. The highest BCUT2D eigenvalue weighted by atomic mass is 32.2. The highest BCUT2D eigenvalue weighted by Crippen LogP contribution is 2.28. The van der Waals surface area contributed by atoms with E-state index >= 15 is 0 Å². The lowest BCUT2D eigenvalue weighted by Crippen LogP contribution is -2.32. The standard InChI is InChI=1S/C16H15F2NO4S2/c17-12-1-5-14(6-2-12)24(20,21)16-9-10-19(11-16)25(22,23)15-7-3-13(18)4-8-15/h1-8,16H,9-11H2. The van der Waals surface area contributed by atoms with Crippen LogP contribution in [-0.4, -0.2) is 39.5 Å². The van der Waals surface area contributed by atoms with Crippen molar-refractivity contribution >= 4 is 19.9 Å². The van der Waals surface area contributed by atoms with Crippen LogP contribution in [0.15, 0.2) is 58.3 Å². The van der Waals surface area contributed by atoms with Crippen molar-refractivity contribution in [3.8, 4) is 0 Å². The van der Waals surface area contributed by atoms with Crippen LogP contribution in [0.5, 0.6) is 0 Å². The Labute approximate surface area is 144 Å². The molecule has 1 heterocycles. The number of sulfone groups is 1. The lowest BCUT2D eigenvalue weighted by Gasteiger charge is -2.17. The van der Waals surface area contributed by atoms with Crippen molar-refractivity contribution in [1.82, 2.24) is 4.31 Å². The third kappa shape index (κ3) is 3.44. The van der Waals surface area contributed by atoms with Crippen molar-refractivity contribution in [3.63, 3.8) is 0 Å². The van der Waals surface area contributed by atoms with Gasteiger partial charge in [-0.3, -0.25) is 0 Å². The highest BCUT2D eigenvalue weighted by Gasteiger charge is 2.39. The van der Waals surface area contributed by atoms with Gasteiger partial charge in [0.05, 0.1) is 15.0 Å². The lowest BCUT2D eigenvalue weighted by atomic mass is 10.3. The molecular formula is C16H15F2NO4S2. The van der Waals surface area contributed by atoms with Gasteiger partial charge in [0.1, 0.15) is 11.6 Å². The Bertz CT molecular complexity index is 890. The van der Waals surface area contributed by atoms with E-state index in [1.165, 1.54) is 12.1 Å². The van der Waals surface area contributed by atoms with Crippen molar-refractivity contribution in [1.29, 1.82) is 0 Å². The Morgan fingerprint density at radius 2 is 1.28 bits per heavy atom. The summed E-state index contributed by atoms with van der Waals surface area (Å²) in [4.78, 5) is -0.131. The van der Waals surface area contributed by atoms with Gasteiger partial charge in [0.2, 0.25) is 10.0 Å². The first-order chi connectivity index (χ1) is 11.7. The SMILES string of the molecule is O=S(=O)(c1ccc(F)cc1)C1CCN(S(=O)(=O)c2ccc(F)cc2)C1. The molecule has 0 radical (unpaired) electrons. The smallest absolute Gasteiger partial charge is 0.223 e. The Kier molecular flexibility index (Phi) is 4.65. The molecule has 1 atom stereocenters. The highest BCUT2D eigenvalue weighted by molar-refractivity contribution is 7.92. The van der Waals surface area contributed by atoms with Crippen molar-refractivity contribution < 1.29 is 25.6 Å². The molecule has 25 heavy (non-hydrogen) atoms. The van der Waals surface area contributed by atoms with E-state index < -0.39 is 36.7 Å². The second-order valence-corrected chi connectivity index (χ2v) is 9.89. The first-order valence-corrected chi connectivity index (χ1v) is 10.4. The third-order valence-corrected chi connectivity index (χ3v) is 8.21. The Balaban J connectivity index is 1.83. The zero-order valence-corrected chi connectivity index (χ0v) is 14.6. The molecule has 0 spiro atoms. The molecule has 3 rings (SSSR count). The van der Waals surface area contributed by atoms with E-state index in [0.29, 0.717) is 0 Å². The van der Waals surface area contributed by atoms with Gasteiger partial charge in [-0.25, -0.2) is 25.6 Å². The summed E-state index contributed by atoms with van der Waals surface area (Å²) in [7, 11) is -7.67. The number of hydrogen-bond acceptors (Lipinski definition) is 4. The molecule has 2 aromatic carbocycles. The van der Waals surface area contributed by atoms with Gasteiger partial charge in [0.15, 0.2) is 9.84 Å². The number of rotatable bonds is 4. The molecule has 0 saturated carbocycles. The van der Waals surface area contributed by atoms with Crippen molar-refractivity contribution in [3.05, 3.63) is 60.2 Å². The van der Waals surface area contributed by atoms with Gasteiger partial charge in [-0.2, -0.15) is 4.31 Å². The zero-order valence-electron chi connectivity index (χ0n) is 13.0. The van der Waals surface area contributed by atoms with E-state index in [4.69, 9.17) is 0 Å². The average molecular weight is 387 g/mol. The maximum atomic E-state index is 13.0. The molecule has 134 valence electrons. The maximum absolute atomic E-state index is 13.0. The molecule has 9 heteroatoms. The summed E-state index contributed by atoms with van der Waals surface area (Å²) in [6.45, 7) is -0.149. The number of halogens is 2. The second-order valence-electron chi connectivity index (χ2n) is 5.73. The van der Waals surface area contributed by atoms with E-state index in [9.17, 15) is 25.6 Å². The van der Waals surface area contributed by atoms with Crippen LogP contribution in [0.25, 0.3) is 0 Å². The van der Waals surface area contributed by atoms with E-state index in [0.717, 1.165) is 40.7 Å². The molecular weight excluding hydrogens is 372 g/mol. The summed E-state index contributed by atoms with van der Waals surface area (Å²) < 4.78 is 77.4. The van der Waals surface area contributed by atoms with Crippen LogP contribution in [-0.2, 0) is 19.9 Å². The molecule has 0 bridgehead atoms. The monoisotopic (exact) mass is 387 g/mol. The molecule has 1 aliphatic rings. The van der Waals surface area contributed by atoms with Gasteiger partial charge in [0.25, 0.3) is 0 Å². The minimum absolute atomic E-state index is 0.0417. The molecule has 0 aromatic heterocycles. The van der Waals surface area contributed by atoms with Gasteiger partial charge in [-0.15, -0.1) is 0 Å². The molecule has 1 saturated heterocycles. The van der Waals surface area contributed by atoms with Crippen molar-refractivity contribution in [2.75, 3.05) is 13.1 Å². The largest absolute Gasteiger partial charge is 0.243 e. The van der Waals surface area contributed by atoms with E-state index in [2.05, 4.69) is 0 Å². The van der Waals surface area contributed by atoms with Gasteiger partial charge >= 0.3 is 0 Å². The number of hydrogen-bond donors (Lipinski definition) is 0. The van der Waals surface area contributed by atoms with Crippen molar-refractivity contribution in [2.24, 2.45) is 0 Å². The second kappa shape index (κ2) is 6.47. The fourth-order valence-corrected chi connectivity index (χ4v) is 6.03. The van der Waals surface area contributed by atoms with Crippen LogP contribution in [0.3, 0.4) is 0 Å². The summed E-state index contributed by atoms with van der Waals surface area (Å²) >= 11 is 0. The molecule has 1 unspecified atom stereocenters. The number of sulfonamides is 1. The summed E-state index contributed by atoms with van der Waals surface area (Å²) in [5.74, 6) is -1.11. The topological polar surface area (TPSA) is 71.5 Å². The van der Waals surface area contributed by atoms with Crippen LogP contribution in [0.1, 0.15) is 6.42 Å². The molecule has 1 fully saturated rings. The predicted octanol–water partition coefficient (Wildman–Crippen LogP) is 2.20. The average Bonchev–Trinajstić information content (AvgIpc) is 3.07. The number of benzene rings is 2. The quantitative estimate of drug-likeness (QED) is 0.754.